The van der Waals surface area contributed by atoms with Crippen LogP contribution in [-0.4, -0.2) is 9.67 Å². The van der Waals surface area contributed by atoms with E-state index in [4.69, 9.17) is 0 Å². The summed E-state index contributed by atoms with van der Waals surface area (Å²) in [5.74, 6) is -0.692. The van der Waals surface area contributed by atoms with Crippen molar-refractivity contribution >= 4 is 10.9 Å². The van der Waals surface area contributed by atoms with Gasteiger partial charge in [0.25, 0.3) is 0 Å². The number of nitrogens with zero attached hydrogens (tertiary/aromatic N) is 1. The Morgan fingerprint density at radius 1 is 0.871 bits per heavy atom. The van der Waals surface area contributed by atoms with Crippen molar-refractivity contribution in [1.29, 1.82) is 0 Å². The standard InChI is InChI=1S/C26H26F2N2O/c1-17(2)26-24(15-29-14-19-10-20(27)12-21(28)11-19)23-13-22(31)8-9-25(23)30(26)16-18-6-4-3-5-7-18/h3-13,17,29,31H,14-16H2,1-2H3. The van der Waals surface area contributed by atoms with Crippen LogP contribution in [0.1, 0.15) is 42.1 Å². The Hall–Kier alpha value is -3.18. The first-order valence-corrected chi connectivity index (χ1v) is 10.5. The maximum absolute atomic E-state index is 13.5. The molecule has 0 spiro atoms. The second-order valence-corrected chi connectivity index (χ2v) is 8.17. The molecule has 3 nitrogen and oxygen atoms in total. The van der Waals surface area contributed by atoms with Crippen molar-refractivity contribution in [3.05, 3.63) is 101 Å². The molecule has 0 fully saturated rings. The van der Waals surface area contributed by atoms with E-state index in [1.807, 2.05) is 24.3 Å². The summed E-state index contributed by atoms with van der Waals surface area (Å²) in [6.45, 7) is 5.90. The van der Waals surface area contributed by atoms with Gasteiger partial charge >= 0.3 is 0 Å². The highest BCUT2D eigenvalue weighted by atomic mass is 19.1. The highest BCUT2D eigenvalue weighted by molar-refractivity contribution is 5.87. The molecule has 0 aliphatic rings. The van der Waals surface area contributed by atoms with E-state index in [1.165, 1.54) is 23.4 Å². The minimum atomic E-state index is -0.580. The van der Waals surface area contributed by atoms with Gasteiger partial charge in [-0.05, 0) is 52.9 Å². The van der Waals surface area contributed by atoms with Crippen LogP contribution in [-0.2, 0) is 19.6 Å². The molecule has 0 unspecified atom stereocenters. The Morgan fingerprint density at radius 3 is 2.26 bits per heavy atom. The van der Waals surface area contributed by atoms with Crippen LogP contribution in [0.4, 0.5) is 8.78 Å². The minimum absolute atomic E-state index is 0.216. The van der Waals surface area contributed by atoms with Crippen molar-refractivity contribution in [3.63, 3.8) is 0 Å². The summed E-state index contributed by atoms with van der Waals surface area (Å²) in [7, 11) is 0. The Morgan fingerprint density at radius 2 is 1.58 bits per heavy atom. The van der Waals surface area contributed by atoms with Crippen LogP contribution >= 0.6 is 0 Å². The second-order valence-electron chi connectivity index (χ2n) is 8.17. The molecule has 0 saturated carbocycles. The molecule has 0 aliphatic heterocycles. The lowest BCUT2D eigenvalue weighted by molar-refractivity contribution is 0.476. The molecule has 31 heavy (non-hydrogen) atoms. The van der Waals surface area contributed by atoms with Gasteiger partial charge in [0.2, 0.25) is 0 Å². The largest absolute Gasteiger partial charge is 0.508 e. The maximum Gasteiger partial charge on any atom is 0.126 e. The smallest absolute Gasteiger partial charge is 0.126 e. The molecular weight excluding hydrogens is 394 g/mol. The van der Waals surface area contributed by atoms with Gasteiger partial charge in [-0.3, -0.25) is 0 Å². The van der Waals surface area contributed by atoms with E-state index >= 15 is 0 Å². The van der Waals surface area contributed by atoms with Crippen molar-refractivity contribution in [2.45, 2.75) is 39.4 Å². The quantitative estimate of drug-likeness (QED) is 0.380. The molecule has 160 valence electrons. The van der Waals surface area contributed by atoms with Crippen LogP contribution in [0.25, 0.3) is 10.9 Å². The summed E-state index contributed by atoms with van der Waals surface area (Å²) in [4.78, 5) is 0. The number of benzene rings is 3. The highest BCUT2D eigenvalue weighted by Gasteiger charge is 2.20. The first-order chi connectivity index (χ1) is 14.9. The van der Waals surface area contributed by atoms with Crippen LogP contribution in [0, 0.1) is 11.6 Å². The molecule has 0 radical (unpaired) electrons. The average molecular weight is 421 g/mol. The van der Waals surface area contributed by atoms with Gasteiger partial charge in [0.15, 0.2) is 0 Å². The maximum atomic E-state index is 13.5. The van der Waals surface area contributed by atoms with Gasteiger partial charge in [-0.2, -0.15) is 0 Å². The number of phenols is 1. The van der Waals surface area contributed by atoms with Gasteiger partial charge in [-0.1, -0.05) is 44.2 Å². The number of hydrogen-bond donors (Lipinski definition) is 2. The second kappa shape index (κ2) is 8.90. The number of halogens is 2. The minimum Gasteiger partial charge on any atom is -0.508 e. The number of nitrogens with one attached hydrogen (secondary N) is 1. The molecule has 4 aromatic rings. The molecular formula is C26H26F2N2O. The molecule has 1 heterocycles. The van der Waals surface area contributed by atoms with Crippen LogP contribution in [0.3, 0.4) is 0 Å². The fourth-order valence-electron chi connectivity index (χ4n) is 4.26. The Balaban J connectivity index is 1.71. The van der Waals surface area contributed by atoms with E-state index < -0.39 is 11.6 Å². The lowest BCUT2D eigenvalue weighted by Crippen LogP contribution is -2.15. The predicted molar refractivity (Wildman–Crippen MR) is 120 cm³/mol. The van der Waals surface area contributed by atoms with Gasteiger partial charge in [0.05, 0.1) is 0 Å². The van der Waals surface area contributed by atoms with Crippen molar-refractivity contribution in [3.8, 4) is 5.75 Å². The fraction of sp³-hybridized carbons (Fsp3) is 0.231. The average Bonchev–Trinajstić information content (AvgIpc) is 3.01. The third-order valence-electron chi connectivity index (χ3n) is 5.48. The van der Waals surface area contributed by atoms with Crippen molar-refractivity contribution in [1.82, 2.24) is 9.88 Å². The molecule has 4 rings (SSSR count). The first-order valence-electron chi connectivity index (χ1n) is 10.5. The highest BCUT2D eigenvalue weighted by Crippen LogP contribution is 2.34. The summed E-state index contributed by atoms with van der Waals surface area (Å²) in [5.41, 5.74) is 5.08. The van der Waals surface area contributed by atoms with Crippen LogP contribution in [0.2, 0.25) is 0 Å². The SMILES string of the molecule is CC(C)c1c(CNCc2cc(F)cc(F)c2)c2cc(O)ccc2n1Cc1ccccc1. The molecule has 2 N–H and O–H groups in total. The normalized spacial score (nSPS) is 11.5. The molecule has 0 bridgehead atoms. The Labute approximate surface area is 181 Å². The number of aromatic hydroxyl groups is 1. The number of hydrogen-bond acceptors (Lipinski definition) is 2. The topological polar surface area (TPSA) is 37.2 Å². The third-order valence-corrected chi connectivity index (χ3v) is 5.48. The monoisotopic (exact) mass is 420 g/mol. The number of rotatable bonds is 7. The molecule has 1 aromatic heterocycles. The number of phenolic OH excluding ortho intramolecular Hbond substituents is 1. The molecule has 0 aliphatic carbocycles. The van der Waals surface area contributed by atoms with Crippen LogP contribution < -0.4 is 5.32 Å². The van der Waals surface area contributed by atoms with E-state index in [2.05, 4.69) is 35.9 Å². The van der Waals surface area contributed by atoms with Gasteiger partial charge in [0.1, 0.15) is 17.4 Å². The van der Waals surface area contributed by atoms with E-state index in [0.29, 0.717) is 18.7 Å². The number of aromatic nitrogens is 1. The molecule has 0 atom stereocenters. The van der Waals surface area contributed by atoms with Crippen molar-refractivity contribution in [2.24, 2.45) is 0 Å². The number of fused-ring (bicyclic) bond motifs is 1. The van der Waals surface area contributed by atoms with E-state index in [9.17, 15) is 13.9 Å². The molecule has 0 amide bonds. The summed E-state index contributed by atoms with van der Waals surface area (Å²) < 4.78 is 29.3. The van der Waals surface area contributed by atoms with Crippen molar-refractivity contribution < 1.29 is 13.9 Å². The first kappa shape index (κ1) is 21.1. The zero-order valence-electron chi connectivity index (χ0n) is 17.7. The Kier molecular flexibility index (Phi) is 6.05. The van der Waals surface area contributed by atoms with E-state index in [1.54, 1.807) is 12.1 Å². The van der Waals surface area contributed by atoms with Gasteiger partial charge in [0, 0.05) is 42.3 Å². The third kappa shape index (κ3) is 4.62. The fourth-order valence-corrected chi connectivity index (χ4v) is 4.26. The molecule has 0 saturated heterocycles. The summed E-state index contributed by atoms with van der Waals surface area (Å²) in [6, 6.07) is 19.3. The van der Waals surface area contributed by atoms with E-state index in [-0.39, 0.29) is 11.7 Å². The van der Waals surface area contributed by atoms with Crippen LogP contribution in [0.5, 0.6) is 5.75 Å². The summed E-state index contributed by atoms with van der Waals surface area (Å²) in [5, 5.41) is 14.4. The zero-order chi connectivity index (χ0) is 22.0. The van der Waals surface area contributed by atoms with Gasteiger partial charge in [-0.15, -0.1) is 0 Å². The summed E-state index contributed by atoms with van der Waals surface area (Å²) in [6.07, 6.45) is 0. The Bertz CT molecular complexity index is 1180. The molecule has 3 aromatic carbocycles. The zero-order valence-corrected chi connectivity index (χ0v) is 17.7. The van der Waals surface area contributed by atoms with E-state index in [0.717, 1.165) is 29.1 Å². The van der Waals surface area contributed by atoms with Crippen LogP contribution in [0.15, 0.2) is 66.7 Å². The van der Waals surface area contributed by atoms with Crippen molar-refractivity contribution in [2.75, 3.05) is 0 Å². The predicted octanol–water partition coefficient (Wildman–Crippen LogP) is 6.09. The lowest BCUT2D eigenvalue weighted by Gasteiger charge is -2.16. The van der Waals surface area contributed by atoms with Gasteiger partial charge in [-0.25, -0.2) is 8.78 Å². The lowest BCUT2D eigenvalue weighted by atomic mass is 10.0. The summed E-state index contributed by atoms with van der Waals surface area (Å²) >= 11 is 0. The molecule has 5 heteroatoms. The van der Waals surface area contributed by atoms with Gasteiger partial charge < -0.3 is 15.0 Å².